The van der Waals surface area contributed by atoms with Gasteiger partial charge in [0.05, 0.1) is 10.9 Å². The average molecular weight is 300 g/mol. The second-order valence-corrected chi connectivity index (χ2v) is 10.2. The van der Waals surface area contributed by atoms with Crippen molar-refractivity contribution in [2.45, 2.75) is 38.9 Å². The number of fused-ring (bicyclic) bond motifs is 1. The van der Waals surface area contributed by atoms with Gasteiger partial charge in [0.15, 0.2) is 0 Å². The van der Waals surface area contributed by atoms with E-state index >= 15 is 0 Å². The highest BCUT2D eigenvalue weighted by molar-refractivity contribution is 6.87. The summed E-state index contributed by atoms with van der Waals surface area (Å²) in [6.07, 6.45) is 0. The number of benzene rings is 1. The van der Waals surface area contributed by atoms with Gasteiger partial charge in [0.2, 0.25) is 0 Å². The highest BCUT2D eigenvalue weighted by Crippen LogP contribution is 2.19. The number of aromatic nitrogens is 2. The van der Waals surface area contributed by atoms with E-state index in [1.54, 1.807) is 12.1 Å². The minimum atomic E-state index is -1.50. The fraction of sp³-hybridized carbons (Fsp3) is 0.375. The summed E-state index contributed by atoms with van der Waals surface area (Å²) in [6, 6.07) is 8.78. The van der Waals surface area contributed by atoms with Gasteiger partial charge in [-0.25, -0.2) is 4.79 Å². The highest BCUT2D eigenvalue weighted by Gasteiger charge is 2.24. The van der Waals surface area contributed by atoms with E-state index in [1.165, 1.54) is 0 Å². The SMILES string of the molecule is CC[Si](C#Cc1ccc2[nH]c(=O)[nH]c(=O)c2c1)(CC)CC. The van der Waals surface area contributed by atoms with Crippen LogP contribution in [0.5, 0.6) is 0 Å². The number of aromatic amines is 2. The van der Waals surface area contributed by atoms with Crippen molar-refractivity contribution in [2.75, 3.05) is 0 Å². The molecule has 2 aromatic rings. The standard InChI is InChI=1S/C16H20N2O2Si/c1-4-21(5-2,6-3)10-9-12-7-8-14-13(11-12)15(19)18-16(20)17-14/h7-8,11H,4-6H2,1-3H3,(H2,17,18,19,20). The Morgan fingerprint density at radius 1 is 1.05 bits per heavy atom. The van der Waals surface area contributed by atoms with Gasteiger partial charge < -0.3 is 4.98 Å². The molecule has 2 N–H and O–H groups in total. The molecule has 0 atom stereocenters. The molecule has 0 aliphatic heterocycles. The van der Waals surface area contributed by atoms with Crippen LogP contribution >= 0.6 is 0 Å². The minimum absolute atomic E-state index is 0.373. The fourth-order valence-corrected chi connectivity index (χ4v) is 4.90. The van der Waals surface area contributed by atoms with E-state index in [0.29, 0.717) is 10.9 Å². The topological polar surface area (TPSA) is 65.7 Å². The first-order chi connectivity index (χ1) is 10.0. The van der Waals surface area contributed by atoms with Gasteiger partial charge in [-0.3, -0.25) is 9.78 Å². The summed E-state index contributed by atoms with van der Waals surface area (Å²) < 4.78 is 0. The van der Waals surface area contributed by atoms with Crippen molar-refractivity contribution in [3.05, 3.63) is 44.6 Å². The zero-order valence-corrected chi connectivity index (χ0v) is 13.7. The molecule has 0 spiro atoms. The van der Waals surface area contributed by atoms with Crippen LogP contribution < -0.4 is 11.2 Å². The number of hydrogen-bond donors (Lipinski definition) is 2. The molecule has 4 nitrogen and oxygen atoms in total. The Labute approximate surface area is 124 Å². The van der Waals surface area contributed by atoms with Crippen LogP contribution in [-0.2, 0) is 0 Å². The zero-order valence-electron chi connectivity index (χ0n) is 12.7. The van der Waals surface area contributed by atoms with Crippen LogP contribution in [0, 0.1) is 11.5 Å². The first-order valence-corrected chi connectivity index (χ1v) is 9.95. The van der Waals surface area contributed by atoms with E-state index in [0.717, 1.165) is 23.7 Å². The molecule has 0 unspecified atom stereocenters. The summed E-state index contributed by atoms with van der Waals surface area (Å²) in [4.78, 5) is 27.9. The van der Waals surface area contributed by atoms with Crippen molar-refractivity contribution in [3.63, 3.8) is 0 Å². The molecule has 0 aliphatic carbocycles. The second kappa shape index (κ2) is 6.14. The molecular weight excluding hydrogens is 280 g/mol. The van der Waals surface area contributed by atoms with Gasteiger partial charge in [0.25, 0.3) is 5.56 Å². The average Bonchev–Trinajstić information content (AvgIpc) is 2.49. The zero-order chi connectivity index (χ0) is 15.5. The van der Waals surface area contributed by atoms with Crippen LogP contribution in [0.15, 0.2) is 27.8 Å². The molecule has 0 amide bonds. The van der Waals surface area contributed by atoms with Gasteiger partial charge in [-0.15, -0.1) is 5.54 Å². The summed E-state index contributed by atoms with van der Waals surface area (Å²) in [5.41, 5.74) is 4.01. The van der Waals surface area contributed by atoms with Crippen LogP contribution in [0.25, 0.3) is 10.9 Å². The normalized spacial score (nSPS) is 11.2. The van der Waals surface area contributed by atoms with Gasteiger partial charge >= 0.3 is 5.69 Å². The monoisotopic (exact) mass is 300 g/mol. The first-order valence-electron chi connectivity index (χ1n) is 7.33. The van der Waals surface area contributed by atoms with Crippen molar-refractivity contribution < 1.29 is 0 Å². The fourth-order valence-electron chi connectivity index (χ4n) is 2.46. The molecule has 1 aromatic heterocycles. The number of hydrogen-bond acceptors (Lipinski definition) is 2. The molecule has 0 radical (unpaired) electrons. The van der Waals surface area contributed by atoms with Crippen molar-refractivity contribution >= 4 is 19.0 Å². The van der Waals surface area contributed by atoms with E-state index < -0.39 is 13.8 Å². The molecule has 21 heavy (non-hydrogen) atoms. The van der Waals surface area contributed by atoms with E-state index in [9.17, 15) is 9.59 Å². The lowest BCUT2D eigenvalue weighted by molar-refractivity contribution is 1.08. The summed E-state index contributed by atoms with van der Waals surface area (Å²) in [5, 5.41) is 0.471. The Balaban J connectivity index is 2.51. The molecule has 110 valence electrons. The molecule has 0 fully saturated rings. The lowest BCUT2D eigenvalue weighted by Gasteiger charge is -2.19. The Kier molecular flexibility index (Phi) is 4.49. The lowest BCUT2D eigenvalue weighted by atomic mass is 10.1. The van der Waals surface area contributed by atoms with E-state index in [2.05, 4.69) is 42.2 Å². The molecule has 0 aliphatic rings. The molecule has 2 rings (SSSR count). The Hall–Kier alpha value is -2.06. The third-order valence-corrected chi connectivity index (χ3v) is 8.96. The highest BCUT2D eigenvalue weighted by atomic mass is 28.3. The van der Waals surface area contributed by atoms with Crippen LogP contribution in [0.2, 0.25) is 18.1 Å². The van der Waals surface area contributed by atoms with E-state index in [-0.39, 0.29) is 5.56 Å². The van der Waals surface area contributed by atoms with Gasteiger partial charge in [0, 0.05) is 5.56 Å². The number of rotatable bonds is 3. The summed E-state index contributed by atoms with van der Waals surface area (Å²) in [6.45, 7) is 6.64. The van der Waals surface area contributed by atoms with Crippen LogP contribution in [0.4, 0.5) is 0 Å². The van der Waals surface area contributed by atoms with Crippen molar-refractivity contribution in [2.24, 2.45) is 0 Å². The second-order valence-electron chi connectivity index (χ2n) is 5.26. The van der Waals surface area contributed by atoms with Gasteiger partial charge in [0.1, 0.15) is 8.07 Å². The predicted octanol–water partition coefficient (Wildman–Crippen LogP) is 2.62. The third-order valence-electron chi connectivity index (χ3n) is 4.24. The van der Waals surface area contributed by atoms with E-state index in [1.807, 2.05) is 6.07 Å². The molecule has 0 saturated carbocycles. The molecule has 1 aromatic carbocycles. The maximum atomic E-state index is 11.8. The largest absolute Gasteiger partial charge is 0.326 e. The van der Waals surface area contributed by atoms with Crippen LogP contribution in [0.1, 0.15) is 26.3 Å². The van der Waals surface area contributed by atoms with Gasteiger partial charge in [-0.2, -0.15) is 0 Å². The van der Waals surface area contributed by atoms with Crippen molar-refractivity contribution in [1.82, 2.24) is 9.97 Å². The van der Waals surface area contributed by atoms with Gasteiger partial charge in [-0.05, 0) is 36.3 Å². The summed E-state index contributed by atoms with van der Waals surface area (Å²) in [5.74, 6) is 3.24. The number of H-pyrrole nitrogens is 2. The smallest absolute Gasteiger partial charge is 0.307 e. The van der Waals surface area contributed by atoms with Crippen LogP contribution in [0.3, 0.4) is 0 Å². The third kappa shape index (κ3) is 3.17. The van der Waals surface area contributed by atoms with Crippen molar-refractivity contribution in [3.8, 4) is 11.5 Å². The Morgan fingerprint density at radius 3 is 2.33 bits per heavy atom. The minimum Gasteiger partial charge on any atom is -0.307 e. The van der Waals surface area contributed by atoms with E-state index in [4.69, 9.17) is 0 Å². The lowest BCUT2D eigenvalue weighted by Crippen LogP contribution is -2.29. The Bertz CT molecular complexity index is 811. The number of nitrogens with one attached hydrogen (secondary N) is 2. The molecule has 1 heterocycles. The van der Waals surface area contributed by atoms with Gasteiger partial charge in [-0.1, -0.05) is 26.7 Å². The Morgan fingerprint density at radius 2 is 1.71 bits per heavy atom. The quantitative estimate of drug-likeness (QED) is 0.676. The summed E-state index contributed by atoms with van der Waals surface area (Å²) >= 11 is 0. The molecule has 0 saturated heterocycles. The van der Waals surface area contributed by atoms with Crippen molar-refractivity contribution in [1.29, 1.82) is 0 Å². The first kappa shape index (κ1) is 15.3. The molecule has 5 heteroatoms. The van der Waals surface area contributed by atoms with Crippen LogP contribution in [-0.4, -0.2) is 18.0 Å². The molecule has 0 bridgehead atoms. The maximum absolute atomic E-state index is 11.8. The maximum Gasteiger partial charge on any atom is 0.326 e. The summed E-state index contributed by atoms with van der Waals surface area (Å²) in [7, 11) is -1.50. The predicted molar refractivity (Wildman–Crippen MR) is 89.3 cm³/mol. The molecular formula is C16H20N2O2Si.